The Hall–Kier alpha value is -3.10. The predicted octanol–water partition coefficient (Wildman–Crippen LogP) is 0.778. The van der Waals surface area contributed by atoms with E-state index < -0.39 is 35.8 Å². The van der Waals surface area contributed by atoms with E-state index in [1.165, 1.54) is 11.8 Å². The molecule has 1 heterocycles. The van der Waals surface area contributed by atoms with Gasteiger partial charge in [0.1, 0.15) is 17.8 Å². The molecule has 0 spiro atoms. The molecule has 9 heteroatoms. The number of carbonyl (C=O) groups excluding carboxylic acids is 3. The SMILES string of the molecule is COc1ccc(N2C[C@H](C(=O)N[C@H](C(=O)N[C@@H](C)C(=O)O)C(C)C)CC2=O)cc1. The Balaban J connectivity index is 2.03. The molecule has 0 aliphatic carbocycles. The molecule has 0 aromatic heterocycles. The zero-order valence-corrected chi connectivity index (χ0v) is 17.0. The first kappa shape index (κ1) is 22.2. The molecule has 1 fully saturated rings. The highest BCUT2D eigenvalue weighted by molar-refractivity contribution is 6.01. The van der Waals surface area contributed by atoms with E-state index in [-0.39, 0.29) is 24.8 Å². The molecule has 3 atom stereocenters. The summed E-state index contributed by atoms with van der Waals surface area (Å²) in [6.45, 7) is 5.05. The van der Waals surface area contributed by atoms with E-state index in [1.807, 2.05) is 0 Å². The minimum atomic E-state index is -1.16. The maximum atomic E-state index is 12.7. The van der Waals surface area contributed by atoms with Gasteiger partial charge >= 0.3 is 5.97 Å². The molecule has 3 N–H and O–H groups in total. The van der Waals surface area contributed by atoms with Gasteiger partial charge < -0.3 is 25.4 Å². The van der Waals surface area contributed by atoms with Crippen LogP contribution in [-0.4, -0.2) is 54.5 Å². The van der Waals surface area contributed by atoms with Crippen LogP contribution in [0.2, 0.25) is 0 Å². The Morgan fingerprint density at radius 2 is 1.76 bits per heavy atom. The highest BCUT2D eigenvalue weighted by Crippen LogP contribution is 2.27. The Kier molecular flexibility index (Phi) is 7.19. The summed E-state index contributed by atoms with van der Waals surface area (Å²) in [4.78, 5) is 50.0. The molecular weight excluding hydrogens is 378 g/mol. The van der Waals surface area contributed by atoms with Crippen LogP contribution in [-0.2, 0) is 19.2 Å². The van der Waals surface area contributed by atoms with E-state index in [2.05, 4.69) is 10.6 Å². The lowest BCUT2D eigenvalue weighted by atomic mass is 10.0. The number of methoxy groups -OCH3 is 1. The molecule has 0 unspecified atom stereocenters. The lowest BCUT2D eigenvalue weighted by Crippen LogP contribution is -2.54. The summed E-state index contributed by atoms with van der Waals surface area (Å²) in [5.74, 6) is -2.52. The smallest absolute Gasteiger partial charge is 0.325 e. The highest BCUT2D eigenvalue weighted by Gasteiger charge is 2.37. The summed E-state index contributed by atoms with van der Waals surface area (Å²) in [5, 5.41) is 14.0. The number of rotatable bonds is 8. The van der Waals surface area contributed by atoms with Crippen molar-refractivity contribution in [2.75, 3.05) is 18.6 Å². The summed E-state index contributed by atoms with van der Waals surface area (Å²) in [7, 11) is 1.55. The first-order valence-corrected chi connectivity index (χ1v) is 9.42. The molecule has 158 valence electrons. The predicted molar refractivity (Wildman–Crippen MR) is 105 cm³/mol. The molecule has 0 saturated carbocycles. The van der Waals surface area contributed by atoms with Crippen LogP contribution in [0.25, 0.3) is 0 Å². The Bertz CT molecular complexity index is 777. The summed E-state index contributed by atoms with van der Waals surface area (Å²) >= 11 is 0. The van der Waals surface area contributed by atoms with Crippen LogP contribution >= 0.6 is 0 Å². The maximum absolute atomic E-state index is 12.7. The largest absolute Gasteiger partial charge is 0.497 e. The van der Waals surface area contributed by atoms with E-state index in [4.69, 9.17) is 9.84 Å². The standard InChI is InChI=1S/C20H27N3O6/c1-11(2)17(19(26)21-12(3)20(27)28)22-18(25)13-9-16(24)23(10-13)14-5-7-15(29-4)8-6-14/h5-8,11-13,17H,9-10H2,1-4H3,(H,21,26)(H,22,25)(H,27,28)/t12-,13+,17-/m0/s1. The number of nitrogens with zero attached hydrogens (tertiary/aromatic N) is 1. The minimum absolute atomic E-state index is 0.0375. The molecule has 1 aliphatic rings. The van der Waals surface area contributed by atoms with Crippen molar-refractivity contribution in [3.05, 3.63) is 24.3 Å². The number of carbonyl (C=O) groups is 4. The fraction of sp³-hybridized carbons (Fsp3) is 0.500. The van der Waals surface area contributed by atoms with E-state index in [0.29, 0.717) is 11.4 Å². The second-order valence-corrected chi connectivity index (χ2v) is 7.40. The number of anilines is 1. The quantitative estimate of drug-likeness (QED) is 0.587. The summed E-state index contributed by atoms with van der Waals surface area (Å²) in [5.41, 5.74) is 0.666. The van der Waals surface area contributed by atoms with Crippen molar-refractivity contribution in [2.45, 2.75) is 39.3 Å². The third-order valence-corrected chi connectivity index (χ3v) is 4.86. The third-order valence-electron chi connectivity index (χ3n) is 4.86. The van der Waals surface area contributed by atoms with Gasteiger partial charge in [0.2, 0.25) is 17.7 Å². The molecule has 1 aromatic rings. The molecule has 1 aliphatic heterocycles. The first-order valence-electron chi connectivity index (χ1n) is 9.42. The molecule has 2 rings (SSSR count). The molecule has 1 aromatic carbocycles. The van der Waals surface area contributed by atoms with E-state index in [9.17, 15) is 19.2 Å². The molecular formula is C20H27N3O6. The average molecular weight is 405 g/mol. The zero-order valence-electron chi connectivity index (χ0n) is 17.0. The fourth-order valence-electron chi connectivity index (χ4n) is 3.07. The van der Waals surface area contributed by atoms with Crippen LogP contribution in [0.3, 0.4) is 0 Å². The number of hydrogen-bond acceptors (Lipinski definition) is 5. The number of hydrogen-bond donors (Lipinski definition) is 3. The van der Waals surface area contributed by atoms with Crippen LogP contribution in [0.1, 0.15) is 27.2 Å². The number of carboxylic acid groups (broad SMARTS) is 1. The van der Waals surface area contributed by atoms with Crippen molar-refractivity contribution in [1.29, 1.82) is 0 Å². The summed E-state index contributed by atoms with van der Waals surface area (Å²) < 4.78 is 5.11. The van der Waals surface area contributed by atoms with Crippen molar-refractivity contribution >= 4 is 29.4 Å². The Morgan fingerprint density at radius 1 is 1.14 bits per heavy atom. The summed E-state index contributed by atoms with van der Waals surface area (Å²) in [6, 6.07) is 5.00. The lowest BCUT2D eigenvalue weighted by Gasteiger charge is -2.24. The second kappa shape index (κ2) is 9.40. The van der Waals surface area contributed by atoms with Gasteiger partial charge in [-0.3, -0.25) is 19.2 Å². The van der Waals surface area contributed by atoms with E-state index in [0.717, 1.165) is 0 Å². The molecule has 29 heavy (non-hydrogen) atoms. The van der Waals surface area contributed by atoms with E-state index >= 15 is 0 Å². The third kappa shape index (κ3) is 5.46. The van der Waals surface area contributed by atoms with Crippen molar-refractivity contribution in [2.24, 2.45) is 11.8 Å². The number of ether oxygens (including phenoxy) is 1. The first-order chi connectivity index (χ1) is 13.6. The van der Waals surface area contributed by atoms with Gasteiger partial charge in [-0.05, 0) is 37.1 Å². The van der Waals surface area contributed by atoms with Gasteiger partial charge in [-0.2, -0.15) is 0 Å². The van der Waals surface area contributed by atoms with Crippen molar-refractivity contribution in [1.82, 2.24) is 10.6 Å². The average Bonchev–Trinajstić information content (AvgIpc) is 3.07. The zero-order chi connectivity index (χ0) is 21.7. The molecule has 0 radical (unpaired) electrons. The summed E-state index contributed by atoms with van der Waals surface area (Å²) in [6.07, 6.45) is 0.0375. The fourth-order valence-corrected chi connectivity index (χ4v) is 3.07. The van der Waals surface area contributed by atoms with Gasteiger partial charge in [0.25, 0.3) is 0 Å². The molecule has 3 amide bonds. The Morgan fingerprint density at radius 3 is 2.28 bits per heavy atom. The number of nitrogens with one attached hydrogen (secondary N) is 2. The monoisotopic (exact) mass is 405 g/mol. The number of carboxylic acids is 1. The normalized spacial score (nSPS) is 18.3. The van der Waals surface area contributed by atoms with Crippen LogP contribution in [0.5, 0.6) is 5.75 Å². The van der Waals surface area contributed by atoms with Gasteiger partial charge in [-0.25, -0.2) is 0 Å². The van der Waals surface area contributed by atoms with Gasteiger partial charge in [0.05, 0.1) is 13.0 Å². The van der Waals surface area contributed by atoms with Crippen LogP contribution in [0.15, 0.2) is 24.3 Å². The topological polar surface area (TPSA) is 125 Å². The van der Waals surface area contributed by atoms with Crippen molar-refractivity contribution in [3.63, 3.8) is 0 Å². The lowest BCUT2D eigenvalue weighted by molar-refractivity contribution is -0.142. The van der Waals surface area contributed by atoms with Gasteiger partial charge in [0, 0.05) is 18.7 Å². The number of benzene rings is 1. The van der Waals surface area contributed by atoms with Gasteiger partial charge in [-0.15, -0.1) is 0 Å². The number of amides is 3. The van der Waals surface area contributed by atoms with Crippen molar-refractivity contribution in [3.8, 4) is 5.75 Å². The van der Waals surface area contributed by atoms with Crippen LogP contribution < -0.4 is 20.3 Å². The van der Waals surface area contributed by atoms with Gasteiger partial charge in [-0.1, -0.05) is 13.8 Å². The van der Waals surface area contributed by atoms with E-state index in [1.54, 1.807) is 45.2 Å². The highest BCUT2D eigenvalue weighted by atomic mass is 16.5. The van der Waals surface area contributed by atoms with Crippen LogP contribution in [0, 0.1) is 11.8 Å². The minimum Gasteiger partial charge on any atom is -0.497 e. The number of aliphatic carboxylic acids is 1. The maximum Gasteiger partial charge on any atom is 0.325 e. The van der Waals surface area contributed by atoms with Crippen LogP contribution in [0.4, 0.5) is 5.69 Å². The molecule has 0 bridgehead atoms. The Labute approximate surface area is 169 Å². The van der Waals surface area contributed by atoms with Gasteiger partial charge in [0.15, 0.2) is 0 Å². The van der Waals surface area contributed by atoms with Crippen molar-refractivity contribution < 1.29 is 29.0 Å². The molecule has 1 saturated heterocycles. The molecule has 9 nitrogen and oxygen atoms in total. The second-order valence-electron chi connectivity index (χ2n) is 7.40.